The van der Waals surface area contributed by atoms with Crippen molar-refractivity contribution in [1.82, 2.24) is 24.8 Å². The van der Waals surface area contributed by atoms with Crippen molar-refractivity contribution in [3.63, 3.8) is 0 Å². The van der Waals surface area contributed by atoms with E-state index in [0.717, 1.165) is 18.9 Å². The lowest BCUT2D eigenvalue weighted by Gasteiger charge is -2.36. The van der Waals surface area contributed by atoms with Gasteiger partial charge in [-0.15, -0.1) is 0 Å². The maximum Gasteiger partial charge on any atom is 0.270 e. The first-order chi connectivity index (χ1) is 11.7. The molecule has 0 aromatic carbocycles. The number of amides is 1. The fourth-order valence-corrected chi connectivity index (χ4v) is 3.03. The molecule has 2 aromatic heterocycles. The number of likely N-dealkylation sites (tertiary alicyclic amines) is 1. The van der Waals surface area contributed by atoms with Crippen molar-refractivity contribution in [3.05, 3.63) is 48.3 Å². The van der Waals surface area contributed by atoms with Gasteiger partial charge in [0.1, 0.15) is 11.5 Å². The SMILES string of the molecule is CCn1ccnc1CN1CCC(NC(=O)c2ccccn2)C(O)C1. The smallest absolute Gasteiger partial charge is 0.270 e. The van der Waals surface area contributed by atoms with Crippen LogP contribution in [0.5, 0.6) is 0 Å². The Morgan fingerprint density at radius 1 is 1.38 bits per heavy atom. The minimum atomic E-state index is -0.601. The van der Waals surface area contributed by atoms with E-state index in [-0.39, 0.29) is 11.9 Å². The fourth-order valence-electron chi connectivity index (χ4n) is 3.03. The summed E-state index contributed by atoms with van der Waals surface area (Å²) in [7, 11) is 0. The molecule has 3 rings (SSSR count). The molecule has 0 aliphatic carbocycles. The summed E-state index contributed by atoms with van der Waals surface area (Å²) in [5.41, 5.74) is 0.372. The Morgan fingerprint density at radius 3 is 2.96 bits per heavy atom. The number of imidazole rings is 1. The molecule has 128 valence electrons. The average molecular weight is 329 g/mol. The number of nitrogens with zero attached hydrogens (tertiary/aromatic N) is 4. The molecule has 7 heteroatoms. The third-order valence-electron chi connectivity index (χ3n) is 4.39. The quantitative estimate of drug-likeness (QED) is 0.842. The summed E-state index contributed by atoms with van der Waals surface area (Å²) >= 11 is 0. The number of aromatic nitrogens is 3. The van der Waals surface area contributed by atoms with Gasteiger partial charge in [0.15, 0.2) is 0 Å². The van der Waals surface area contributed by atoms with Crippen molar-refractivity contribution < 1.29 is 9.90 Å². The number of aliphatic hydroxyl groups is 1. The normalized spacial score (nSPS) is 21.6. The number of hydrogen-bond donors (Lipinski definition) is 2. The Kier molecular flexibility index (Phi) is 5.22. The highest BCUT2D eigenvalue weighted by Crippen LogP contribution is 2.14. The van der Waals surface area contributed by atoms with E-state index in [9.17, 15) is 9.90 Å². The number of β-amino-alcohol motifs (C(OH)–C–C–N with tert-alkyl or cyclic N) is 1. The second-order valence-corrected chi connectivity index (χ2v) is 6.02. The maximum absolute atomic E-state index is 12.2. The van der Waals surface area contributed by atoms with Gasteiger partial charge < -0.3 is 15.0 Å². The van der Waals surface area contributed by atoms with Crippen molar-refractivity contribution >= 4 is 5.91 Å². The first-order valence-electron chi connectivity index (χ1n) is 8.29. The van der Waals surface area contributed by atoms with Crippen LogP contribution in [0.1, 0.15) is 29.7 Å². The molecule has 1 aliphatic rings. The Hall–Kier alpha value is -2.25. The topological polar surface area (TPSA) is 83.3 Å². The van der Waals surface area contributed by atoms with Gasteiger partial charge in [0.05, 0.1) is 18.7 Å². The highest BCUT2D eigenvalue weighted by atomic mass is 16.3. The molecule has 1 fully saturated rings. The molecule has 1 saturated heterocycles. The second kappa shape index (κ2) is 7.55. The molecule has 2 N–H and O–H groups in total. The minimum absolute atomic E-state index is 0.241. The predicted octanol–water partition coefficient (Wildman–Crippen LogP) is 0.663. The van der Waals surface area contributed by atoms with Crippen LogP contribution in [-0.2, 0) is 13.1 Å². The average Bonchev–Trinajstić information content (AvgIpc) is 3.05. The molecule has 0 spiro atoms. The first kappa shape index (κ1) is 16.6. The van der Waals surface area contributed by atoms with Crippen LogP contribution in [0.15, 0.2) is 36.8 Å². The molecule has 0 radical (unpaired) electrons. The fraction of sp³-hybridized carbons (Fsp3) is 0.471. The lowest BCUT2D eigenvalue weighted by Crippen LogP contribution is -2.54. The van der Waals surface area contributed by atoms with Crippen LogP contribution in [0.2, 0.25) is 0 Å². The second-order valence-electron chi connectivity index (χ2n) is 6.02. The molecule has 2 aromatic rings. The lowest BCUT2D eigenvalue weighted by molar-refractivity contribution is 0.0335. The summed E-state index contributed by atoms with van der Waals surface area (Å²) in [6, 6.07) is 4.96. The zero-order chi connectivity index (χ0) is 16.9. The maximum atomic E-state index is 12.2. The van der Waals surface area contributed by atoms with Crippen LogP contribution < -0.4 is 5.32 Å². The minimum Gasteiger partial charge on any atom is -0.390 e. The number of pyridine rings is 1. The molecule has 2 unspecified atom stereocenters. The van der Waals surface area contributed by atoms with Gasteiger partial charge in [0.25, 0.3) is 5.91 Å². The van der Waals surface area contributed by atoms with Gasteiger partial charge >= 0.3 is 0 Å². The van der Waals surface area contributed by atoms with E-state index < -0.39 is 6.10 Å². The van der Waals surface area contributed by atoms with Gasteiger partial charge in [-0.2, -0.15) is 0 Å². The monoisotopic (exact) mass is 329 g/mol. The zero-order valence-corrected chi connectivity index (χ0v) is 13.8. The van der Waals surface area contributed by atoms with Crippen LogP contribution in [-0.4, -0.2) is 55.7 Å². The van der Waals surface area contributed by atoms with Crippen molar-refractivity contribution in [3.8, 4) is 0 Å². The third kappa shape index (κ3) is 3.80. The van der Waals surface area contributed by atoms with Gasteiger partial charge in [-0.25, -0.2) is 4.98 Å². The molecule has 0 bridgehead atoms. The van der Waals surface area contributed by atoms with E-state index >= 15 is 0 Å². The molecule has 1 amide bonds. The van der Waals surface area contributed by atoms with E-state index in [2.05, 4.69) is 31.7 Å². The molecular formula is C17H23N5O2. The van der Waals surface area contributed by atoms with E-state index in [0.29, 0.717) is 25.2 Å². The van der Waals surface area contributed by atoms with E-state index in [1.165, 1.54) is 0 Å². The van der Waals surface area contributed by atoms with Crippen molar-refractivity contribution in [2.75, 3.05) is 13.1 Å². The number of rotatable bonds is 5. The highest BCUT2D eigenvalue weighted by Gasteiger charge is 2.29. The number of aryl methyl sites for hydroxylation is 1. The summed E-state index contributed by atoms with van der Waals surface area (Å²) in [5, 5.41) is 13.3. The Balaban J connectivity index is 1.54. The standard InChI is InChI=1S/C17H23N5O2/c1-2-22-10-8-19-16(22)12-21-9-6-13(15(23)11-21)20-17(24)14-5-3-4-7-18-14/h3-5,7-8,10,13,15,23H,2,6,9,11-12H2,1H3,(H,20,24). The van der Waals surface area contributed by atoms with Crippen LogP contribution in [0.25, 0.3) is 0 Å². The molecule has 24 heavy (non-hydrogen) atoms. The van der Waals surface area contributed by atoms with Gasteiger partial charge in [0, 0.05) is 38.2 Å². The lowest BCUT2D eigenvalue weighted by atomic mass is 10.0. The summed E-state index contributed by atoms with van der Waals surface area (Å²) in [4.78, 5) is 22.8. The van der Waals surface area contributed by atoms with Gasteiger partial charge in [-0.05, 0) is 25.5 Å². The van der Waals surface area contributed by atoms with E-state index in [1.807, 2.05) is 6.20 Å². The number of carbonyl (C=O) groups excluding carboxylic acids is 1. The van der Waals surface area contributed by atoms with Crippen molar-refractivity contribution in [2.45, 2.75) is 38.6 Å². The third-order valence-corrected chi connectivity index (χ3v) is 4.39. The van der Waals surface area contributed by atoms with E-state index in [1.54, 1.807) is 30.6 Å². The van der Waals surface area contributed by atoms with Gasteiger partial charge in [-0.1, -0.05) is 6.07 Å². The van der Waals surface area contributed by atoms with Crippen LogP contribution in [0, 0.1) is 0 Å². The number of hydrogen-bond acceptors (Lipinski definition) is 5. The summed E-state index contributed by atoms with van der Waals surface area (Å²) in [6.07, 6.45) is 5.45. The Morgan fingerprint density at radius 2 is 2.25 bits per heavy atom. The van der Waals surface area contributed by atoms with Crippen LogP contribution in [0.3, 0.4) is 0 Å². The zero-order valence-electron chi connectivity index (χ0n) is 13.8. The summed E-state index contributed by atoms with van der Waals surface area (Å²) in [5.74, 6) is 0.760. The van der Waals surface area contributed by atoms with Crippen molar-refractivity contribution in [1.29, 1.82) is 0 Å². The summed E-state index contributed by atoms with van der Waals surface area (Å²) < 4.78 is 2.10. The predicted molar refractivity (Wildman–Crippen MR) is 89.3 cm³/mol. The number of nitrogens with one attached hydrogen (secondary N) is 1. The molecular weight excluding hydrogens is 306 g/mol. The highest BCUT2D eigenvalue weighted by molar-refractivity contribution is 5.92. The number of aliphatic hydroxyl groups excluding tert-OH is 1. The molecule has 3 heterocycles. The van der Waals surface area contributed by atoms with Gasteiger partial charge in [-0.3, -0.25) is 14.7 Å². The summed E-state index contributed by atoms with van der Waals surface area (Å²) in [6.45, 7) is 5.00. The largest absolute Gasteiger partial charge is 0.390 e. The van der Waals surface area contributed by atoms with Crippen LogP contribution >= 0.6 is 0 Å². The van der Waals surface area contributed by atoms with E-state index in [4.69, 9.17) is 0 Å². The van der Waals surface area contributed by atoms with Crippen LogP contribution in [0.4, 0.5) is 0 Å². The Labute approximate surface area is 141 Å². The molecule has 1 aliphatic heterocycles. The number of piperidine rings is 1. The van der Waals surface area contributed by atoms with Gasteiger partial charge in [0.2, 0.25) is 0 Å². The van der Waals surface area contributed by atoms with Crippen molar-refractivity contribution in [2.24, 2.45) is 0 Å². The molecule has 0 saturated carbocycles. The Bertz CT molecular complexity index is 673. The number of carbonyl (C=O) groups is 1. The molecule has 7 nitrogen and oxygen atoms in total. The first-order valence-corrected chi connectivity index (χ1v) is 8.29. The molecule has 2 atom stereocenters.